The van der Waals surface area contributed by atoms with E-state index in [1.54, 1.807) is 0 Å². The minimum absolute atomic E-state index is 0.0356. The Bertz CT molecular complexity index is 991. The van der Waals surface area contributed by atoms with Crippen molar-refractivity contribution in [2.24, 2.45) is 0 Å². The number of halogens is 3. The van der Waals surface area contributed by atoms with E-state index >= 15 is 0 Å². The number of phenolic OH excluding ortho intramolecular Hbond substituents is 1. The summed E-state index contributed by atoms with van der Waals surface area (Å²) in [5, 5.41) is 19.4. The average molecular weight is 487 g/mol. The molecule has 2 heterocycles. The summed E-state index contributed by atoms with van der Waals surface area (Å²) in [6.07, 6.45) is 2.64. The molecular formula is C22H22Cl3NO5. The molecule has 2 aromatic rings. The van der Waals surface area contributed by atoms with Crippen LogP contribution in [0.1, 0.15) is 28.8 Å². The molecule has 166 valence electrons. The summed E-state index contributed by atoms with van der Waals surface area (Å²) in [6.45, 7) is 2.38. The summed E-state index contributed by atoms with van der Waals surface area (Å²) < 4.78 is 11.9. The van der Waals surface area contributed by atoms with E-state index in [0.717, 1.165) is 54.8 Å². The molecule has 6 nitrogen and oxygen atoms in total. The lowest BCUT2D eigenvalue weighted by molar-refractivity contribution is 0.0186. The van der Waals surface area contributed by atoms with Crippen LogP contribution in [-0.2, 0) is 6.42 Å². The summed E-state index contributed by atoms with van der Waals surface area (Å²) in [5.41, 5.74) is 0.855. The second-order valence-corrected chi connectivity index (χ2v) is 9.49. The normalized spacial score (nSPS) is 18.4. The highest BCUT2D eigenvalue weighted by Crippen LogP contribution is 2.42. The molecule has 0 bridgehead atoms. The highest BCUT2D eigenvalue weighted by Gasteiger charge is 2.42. The highest BCUT2D eigenvalue weighted by molar-refractivity contribution is 6.32. The molecule has 0 aromatic heterocycles. The van der Waals surface area contributed by atoms with Crippen molar-refractivity contribution in [2.45, 2.75) is 30.2 Å². The molecule has 1 fully saturated rings. The van der Waals surface area contributed by atoms with Crippen molar-refractivity contribution in [3.63, 3.8) is 0 Å². The molecular weight excluding hydrogens is 465 g/mol. The monoisotopic (exact) mass is 485 g/mol. The SMILES string of the molecule is O=C(O)c1cc(Cl)c(O)cc1OCC(Cl)CN1CCC2(CC1)Cc1cc(Cl)ccc1O2. The number of fused-ring (bicyclic) bond motifs is 1. The summed E-state index contributed by atoms with van der Waals surface area (Å²) in [7, 11) is 0. The number of benzene rings is 2. The molecule has 2 aromatic carbocycles. The molecule has 31 heavy (non-hydrogen) atoms. The molecule has 4 rings (SSSR count). The summed E-state index contributed by atoms with van der Waals surface area (Å²) >= 11 is 18.4. The van der Waals surface area contributed by atoms with E-state index in [9.17, 15) is 15.0 Å². The quantitative estimate of drug-likeness (QED) is 0.568. The van der Waals surface area contributed by atoms with E-state index in [-0.39, 0.29) is 39.7 Å². The Labute approximate surface area is 195 Å². The fourth-order valence-corrected chi connectivity index (χ4v) is 4.78. The second-order valence-electron chi connectivity index (χ2n) is 8.03. The molecule has 1 spiro atoms. The van der Waals surface area contributed by atoms with Crippen LogP contribution >= 0.6 is 34.8 Å². The predicted octanol–water partition coefficient (Wildman–Crippen LogP) is 4.85. The summed E-state index contributed by atoms with van der Waals surface area (Å²) in [4.78, 5) is 13.6. The van der Waals surface area contributed by atoms with Gasteiger partial charge in [-0.25, -0.2) is 4.79 Å². The molecule has 0 amide bonds. The average Bonchev–Trinajstić information content (AvgIpc) is 3.07. The van der Waals surface area contributed by atoms with Crippen molar-refractivity contribution in [2.75, 3.05) is 26.2 Å². The summed E-state index contributed by atoms with van der Waals surface area (Å²) in [5.74, 6) is -0.480. The zero-order valence-electron chi connectivity index (χ0n) is 16.6. The van der Waals surface area contributed by atoms with Gasteiger partial charge in [-0.2, -0.15) is 0 Å². The number of hydrogen-bond acceptors (Lipinski definition) is 5. The Morgan fingerprint density at radius 2 is 1.97 bits per heavy atom. The molecule has 1 saturated heterocycles. The van der Waals surface area contributed by atoms with E-state index < -0.39 is 5.97 Å². The number of alkyl halides is 1. The minimum Gasteiger partial charge on any atom is -0.506 e. The fraction of sp³-hybridized carbons (Fsp3) is 0.409. The number of likely N-dealkylation sites (tertiary alicyclic amines) is 1. The number of aromatic carboxylic acids is 1. The van der Waals surface area contributed by atoms with Gasteiger partial charge in [0.1, 0.15) is 35.0 Å². The first kappa shape index (κ1) is 22.3. The lowest BCUT2D eigenvalue weighted by Gasteiger charge is -2.39. The van der Waals surface area contributed by atoms with Crippen molar-refractivity contribution in [3.05, 3.63) is 51.5 Å². The lowest BCUT2D eigenvalue weighted by atomic mass is 9.87. The van der Waals surface area contributed by atoms with Crippen LogP contribution in [0.5, 0.6) is 17.2 Å². The van der Waals surface area contributed by atoms with Gasteiger partial charge < -0.3 is 24.6 Å². The smallest absolute Gasteiger partial charge is 0.339 e. The molecule has 9 heteroatoms. The number of nitrogens with zero attached hydrogens (tertiary/aromatic N) is 1. The van der Waals surface area contributed by atoms with Crippen molar-refractivity contribution in [3.8, 4) is 17.2 Å². The Morgan fingerprint density at radius 3 is 2.68 bits per heavy atom. The van der Waals surface area contributed by atoms with Gasteiger partial charge in [-0.1, -0.05) is 23.2 Å². The first-order valence-corrected chi connectivity index (χ1v) is 11.2. The number of aromatic hydroxyl groups is 1. The van der Waals surface area contributed by atoms with E-state index in [1.807, 2.05) is 18.2 Å². The van der Waals surface area contributed by atoms with Crippen LogP contribution in [0.25, 0.3) is 0 Å². The van der Waals surface area contributed by atoms with E-state index in [1.165, 1.54) is 6.07 Å². The lowest BCUT2D eigenvalue weighted by Crippen LogP contribution is -2.49. The van der Waals surface area contributed by atoms with Crippen molar-refractivity contribution < 1.29 is 24.5 Å². The summed E-state index contributed by atoms with van der Waals surface area (Å²) in [6, 6.07) is 8.12. The van der Waals surface area contributed by atoms with Crippen LogP contribution in [0.15, 0.2) is 30.3 Å². The minimum atomic E-state index is -1.19. The van der Waals surface area contributed by atoms with E-state index in [2.05, 4.69) is 4.90 Å². The van der Waals surface area contributed by atoms with Gasteiger partial charge in [0.05, 0.1) is 10.4 Å². The van der Waals surface area contributed by atoms with Gasteiger partial charge in [-0.05, 0) is 29.8 Å². The number of phenols is 1. The van der Waals surface area contributed by atoms with Crippen LogP contribution in [0.3, 0.4) is 0 Å². The third-order valence-electron chi connectivity index (χ3n) is 5.78. The number of carbonyl (C=O) groups is 1. The Kier molecular flexibility index (Phi) is 6.44. The number of hydrogen-bond donors (Lipinski definition) is 2. The van der Waals surface area contributed by atoms with Gasteiger partial charge in [-0.15, -0.1) is 11.6 Å². The standard InChI is InChI=1S/C22H22Cl3NO5/c23-14-1-2-19-13(7-14)10-22(31-19)3-5-26(6-4-22)11-15(24)12-30-20-9-18(27)17(25)8-16(20)21(28)29/h1-2,7-9,15,27H,3-6,10-12H2,(H,28,29). The number of carboxylic acids is 1. The predicted molar refractivity (Wildman–Crippen MR) is 119 cm³/mol. The van der Waals surface area contributed by atoms with Gasteiger partial charge in [0.2, 0.25) is 0 Å². The topological polar surface area (TPSA) is 79.2 Å². The molecule has 2 aliphatic rings. The van der Waals surface area contributed by atoms with Crippen LogP contribution in [0, 0.1) is 0 Å². The molecule has 1 unspecified atom stereocenters. The number of piperidine rings is 1. The van der Waals surface area contributed by atoms with Gasteiger partial charge in [0, 0.05) is 50.0 Å². The Balaban J connectivity index is 1.29. The van der Waals surface area contributed by atoms with E-state index in [0.29, 0.717) is 6.54 Å². The maximum absolute atomic E-state index is 11.4. The van der Waals surface area contributed by atoms with Gasteiger partial charge in [-0.3, -0.25) is 0 Å². The molecule has 0 aliphatic carbocycles. The largest absolute Gasteiger partial charge is 0.506 e. The maximum Gasteiger partial charge on any atom is 0.339 e. The molecule has 1 atom stereocenters. The fourth-order valence-electron chi connectivity index (χ4n) is 4.17. The zero-order chi connectivity index (χ0) is 22.2. The van der Waals surface area contributed by atoms with E-state index in [4.69, 9.17) is 44.3 Å². The second kappa shape index (κ2) is 8.94. The van der Waals surface area contributed by atoms with Crippen LogP contribution in [-0.4, -0.2) is 58.3 Å². The van der Waals surface area contributed by atoms with Gasteiger partial charge in [0.25, 0.3) is 0 Å². The molecule has 2 N–H and O–H groups in total. The van der Waals surface area contributed by atoms with Crippen LogP contribution in [0.2, 0.25) is 10.0 Å². The van der Waals surface area contributed by atoms with Crippen molar-refractivity contribution in [1.29, 1.82) is 0 Å². The molecule has 0 saturated carbocycles. The number of ether oxygens (including phenoxy) is 2. The highest BCUT2D eigenvalue weighted by atomic mass is 35.5. The molecule has 2 aliphatic heterocycles. The first-order valence-electron chi connectivity index (χ1n) is 9.97. The van der Waals surface area contributed by atoms with Crippen molar-refractivity contribution in [1.82, 2.24) is 4.90 Å². The number of carboxylic acid groups (broad SMARTS) is 1. The van der Waals surface area contributed by atoms with Crippen LogP contribution in [0.4, 0.5) is 0 Å². The zero-order valence-corrected chi connectivity index (χ0v) is 18.9. The Morgan fingerprint density at radius 1 is 1.23 bits per heavy atom. The third-order valence-corrected chi connectivity index (χ3v) is 6.59. The first-order chi connectivity index (χ1) is 14.7. The van der Waals surface area contributed by atoms with Crippen LogP contribution < -0.4 is 9.47 Å². The van der Waals surface area contributed by atoms with Crippen molar-refractivity contribution >= 4 is 40.8 Å². The number of rotatable bonds is 6. The Hall–Kier alpha value is -1.86. The third kappa shape index (κ3) is 4.98. The maximum atomic E-state index is 11.4. The molecule has 0 radical (unpaired) electrons. The van der Waals surface area contributed by atoms with Gasteiger partial charge >= 0.3 is 5.97 Å². The van der Waals surface area contributed by atoms with Gasteiger partial charge in [0.15, 0.2) is 0 Å².